The summed E-state index contributed by atoms with van der Waals surface area (Å²) in [5.41, 5.74) is 5.58. The Bertz CT molecular complexity index is 558. The largest absolute Gasteiger partial charge is 2.00 e. The van der Waals surface area contributed by atoms with Crippen LogP contribution in [0, 0.1) is 25.0 Å². The first-order chi connectivity index (χ1) is 10.4. The third-order valence-corrected chi connectivity index (χ3v) is 4.41. The zero-order chi connectivity index (χ0) is 16.5. The van der Waals surface area contributed by atoms with Crippen molar-refractivity contribution in [1.29, 1.82) is 0 Å². The van der Waals surface area contributed by atoms with E-state index in [-0.39, 0.29) is 26.2 Å². The molecule has 1 aromatic carbocycles. The van der Waals surface area contributed by atoms with Gasteiger partial charge in [-0.3, -0.25) is 12.2 Å². The van der Waals surface area contributed by atoms with Gasteiger partial charge in [0.25, 0.3) is 0 Å². The molecule has 0 aliphatic heterocycles. The molecule has 2 aliphatic rings. The van der Waals surface area contributed by atoms with E-state index in [0.29, 0.717) is 5.92 Å². The molecule has 0 aromatic heterocycles. The van der Waals surface area contributed by atoms with Crippen LogP contribution < -0.4 is 5.19 Å². The van der Waals surface area contributed by atoms with Gasteiger partial charge in [0.15, 0.2) is 0 Å². The van der Waals surface area contributed by atoms with E-state index in [9.17, 15) is 0 Å². The second kappa shape index (κ2) is 11.8. The van der Waals surface area contributed by atoms with E-state index < -0.39 is 0 Å². The van der Waals surface area contributed by atoms with Crippen molar-refractivity contribution in [1.82, 2.24) is 0 Å². The van der Waals surface area contributed by atoms with Crippen LogP contribution in [0.2, 0.25) is 0 Å². The van der Waals surface area contributed by atoms with E-state index in [1.165, 1.54) is 27.5 Å². The molecule has 2 heteroatoms. The van der Waals surface area contributed by atoms with Crippen molar-refractivity contribution in [3.05, 3.63) is 76.9 Å². The smallest absolute Gasteiger partial charge is 0.273 e. The Balaban J connectivity index is 0.000000320. The number of aryl methyl sites for hydroxylation is 1. The van der Waals surface area contributed by atoms with Gasteiger partial charge in [0.1, 0.15) is 0 Å². The summed E-state index contributed by atoms with van der Waals surface area (Å²) in [6.07, 6.45) is 13.4. The molecule has 0 amide bonds. The topological polar surface area (TPSA) is 0 Å². The van der Waals surface area contributed by atoms with Crippen LogP contribution in [0.5, 0.6) is 0 Å². The average Bonchev–Trinajstić information content (AvgIpc) is 3.14. The summed E-state index contributed by atoms with van der Waals surface area (Å²) < 4.78 is 0. The van der Waals surface area contributed by atoms with Crippen LogP contribution in [0.15, 0.2) is 59.2 Å². The molecule has 3 rings (SSSR count). The van der Waals surface area contributed by atoms with E-state index in [2.05, 4.69) is 77.1 Å². The second-order valence-corrected chi connectivity index (χ2v) is 6.60. The van der Waals surface area contributed by atoms with Gasteiger partial charge >= 0.3 is 26.2 Å². The van der Waals surface area contributed by atoms with Gasteiger partial charge in [-0.1, -0.05) is 61.7 Å². The quantitative estimate of drug-likeness (QED) is 0.452. The summed E-state index contributed by atoms with van der Waals surface area (Å²) in [4.78, 5) is 0. The van der Waals surface area contributed by atoms with Crippen molar-refractivity contribution in [2.45, 2.75) is 41.0 Å². The Hall–Kier alpha value is -0.720. The van der Waals surface area contributed by atoms with Gasteiger partial charge < -0.3 is 0 Å². The summed E-state index contributed by atoms with van der Waals surface area (Å²) in [6, 6.07) is 8.52. The third kappa shape index (κ3) is 8.63. The molecule has 0 bridgehead atoms. The molecule has 0 heterocycles. The maximum absolute atomic E-state index is 3.36. The number of benzene rings is 1. The minimum atomic E-state index is 0. The van der Waals surface area contributed by atoms with Gasteiger partial charge in [0.2, 0.25) is 0 Å². The Morgan fingerprint density at radius 3 is 1.87 bits per heavy atom. The first kappa shape index (κ1) is 22.3. The summed E-state index contributed by atoms with van der Waals surface area (Å²) in [5.74, 6) is 0.560. The minimum absolute atomic E-state index is 0. The molecule has 1 radical (unpaired) electrons. The van der Waals surface area contributed by atoms with Crippen molar-refractivity contribution in [2.75, 3.05) is 0 Å². The molecule has 0 saturated carbocycles. The Morgan fingerprint density at radius 2 is 1.65 bits per heavy atom. The molecule has 119 valence electrons. The molecule has 1 atom stereocenters. The van der Waals surface area contributed by atoms with Gasteiger partial charge in [-0.05, 0) is 6.92 Å². The Morgan fingerprint density at radius 1 is 1.04 bits per heavy atom. The molecule has 0 spiro atoms. The number of hydrogen-bond donors (Lipinski definition) is 0. The van der Waals surface area contributed by atoms with Crippen molar-refractivity contribution in [3.63, 3.8) is 0 Å². The SMILES string of the molecule is CC1=[C-]C(C)C(C)=C1C.Cc1ccc([SiH2])cc1.[C-]1=CC=CC1.[Zr+2]. The van der Waals surface area contributed by atoms with Crippen LogP contribution in [0.1, 0.15) is 39.7 Å². The van der Waals surface area contributed by atoms with Crippen LogP contribution in [-0.2, 0) is 26.2 Å². The zero-order valence-corrected chi connectivity index (χ0v) is 18.9. The molecule has 0 saturated heterocycles. The summed E-state index contributed by atoms with van der Waals surface area (Å²) >= 11 is 0. The fraction of sp³-hybridized carbons (Fsp3) is 0.333. The molecule has 0 fully saturated rings. The standard InChI is InChI=1S/C9H13.C7H9Si.C5H5.Zr/c1-6-5-7(2)9(4)8(6)3;1-6-2-4-7(8)5-3-6;1-2-4-5-3-1;/h6H,1-4H3;2-5H,8H2,1H3;1-3H,4H2;/q-1;;-1;+2. The normalized spacial score (nSPS) is 17.7. The maximum Gasteiger partial charge on any atom is 2.00 e. The second-order valence-electron chi connectivity index (χ2n) is 5.79. The van der Waals surface area contributed by atoms with Gasteiger partial charge in [0, 0.05) is 10.2 Å². The molecule has 2 aliphatic carbocycles. The molecule has 1 aromatic rings. The van der Waals surface area contributed by atoms with E-state index >= 15 is 0 Å². The van der Waals surface area contributed by atoms with Gasteiger partial charge in [-0.2, -0.15) is 17.2 Å². The van der Waals surface area contributed by atoms with Crippen LogP contribution in [0.25, 0.3) is 0 Å². The van der Waals surface area contributed by atoms with Crippen LogP contribution >= 0.6 is 0 Å². The van der Waals surface area contributed by atoms with Crippen LogP contribution in [-0.4, -0.2) is 10.2 Å². The molecular weight excluding hydrogens is 372 g/mol. The average molecular weight is 399 g/mol. The first-order valence-corrected chi connectivity index (χ1v) is 8.50. The molecule has 0 nitrogen and oxygen atoms in total. The number of allylic oxidation sites excluding steroid dienone is 8. The summed E-state index contributed by atoms with van der Waals surface area (Å²) in [6.45, 7) is 10.8. The predicted molar refractivity (Wildman–Crippen MR) is 101 cm³/mol. The number of rotatable bonds is 0. The van der Waals surface area contributed by atoms with E-state index in [1.54, 1.807) is 0 Å². The monoisotopic (exact) mass is 397 g/mol. The van der Waals surface area contributed by atoms with E-state index in [0.717, 1.165) is 6.42 Å². The molecule has 0 N–H and O–H groups in total. The minimum Gasteiger partial charge on any atom is -0.273 e. The zero-order valence-electron chi connectivity index (χ0n) is 15.0. The van der Waals surface area contributed by atoms with Crippen molar-refractivity contribution in [2.24, 2.45) is 5.92 Å². The summed E-state index contributed by atoms with van der Waals surface area (Å²) in [5, 5.41) is 1.36. The van der Waals surface area contributed by atoms with Crippen LogP contribution in [0.3, 0.4) is 0 Å². The van der Waals surface area contributed by atoms with Crippen molar-refractivity contribution < 1.29 is 26.2 Å². The van der Waals surface area contributed by atoms with Crippen molar-refractivity contribution in [3.8, 4) is 0 Å². The van der Waals surface area contributed by atoms with E-state index in [4.69, 9.17) is 0 Å². The molecule has 1 unspecified atom stereocenters. The molecule has 23 heavy (non-hydrogen) atoms. The van der Waals surface area contributed by atoms with E-state index in [1.807, 2.05) is 22.4 Å². The number of hydrogen-bond acceptors (Lipinski definition) is 0. The van der Waals surface area contributed by atoms with Crippen molar-refractivity contribution >= 4 is 15.4 Å². The Labute approximate surface area is 165 Å². The first-order valence-electron chi connectivity index (χ1n) is 7.80. The van der Waals surface area contributed by atoms with Gasteiger partial charge in [-0.15, -0.1) is 13.3 Å². The van der Waals surface area contributed by atoms with Gasteiger partial charge in [-0.25, -0.2) is 17.7 Å². The van der Waals surface area contributed by atoms with Gasteiger partial charge in [0.05, 0.1) is 0 Å². The maximum atomic E-state index is 3.36. The fourth-order valence-electron chi connectivity index (χ4n) is 2.09. The fourth-order valence-corrected chi connectivity index (χ4v) is 2.33. The van der Waals surface area contributed by atoms with Crippen LogP contribution in [0.4, 0.5) is 0 Å². The predicted octanol–water partition coefficient (Wildman–Crippen LogP) is 4.28. The third-order valence-electron chi connectivity index (χ3n) is 3.94. The Kier molecular flexibility index (Phi) is 11.4. The molecular formula is C21H27SiZr. The summed E-state index contributed by atoms with van der Waals surface area (Å²) in [7, 11) is 1.91.